The van der Waals surface area contributed by atoms with E-state index in [1.165, 1.54) is 51.4 Å². The molecule has 0 bridgehead atoms. The summed E-state index contributed by atoms with van der Waals surface area (Å²) in [6.45, 7) is 6.13. The number of aliphatic hydroxyl groups excluding tert-OH is 2. The molecule has 0 amide bonds. The average Bonchev–Trinajstić information content (AvgIpc) is 2.36. The third kappa shape index (κ3) is 8.93. The molecule has 2 atom stereocenters. The molecule has 0 heterocycles. The van der Waals surface area contributed by atoms with E-state index < -0.39 is 12.2 Å². The quantitative estimate of drug-likeness (QED) is 0.513. The second-order valence-corrected chi connectivity index (χ2v) is 5.69. The highest BCUT2D eigenvalue weighted by molar-refractivity contribution is 4.73. The van der Waals surface area contributed by atoms with Crippen molar-refractivity contribution in [2.24, 2.45) is 5.92 Å². The van der Waals surface area contributed by atoms with E-state index in [0.29, 0.717) is 5.92 Å². The largest absolute Gasteiger partial charge is 0.391 e. The van der Waals surface area contributed by atoms with Gasteiger partial charge in [0.2, 0.25) is 0 Å². The lowest BCUT2D eigenvalue weighted by atomic mass is 9.87. The monoisotopic (exact) mass is 258 g/mol. The van der Waals surface area contributed by atoms with Gasteiger partial charge in [-0.1, -0.05) is 65.2 Å². The van der Waals surface area contributed by atoms with Gasteiger partial charge in [0.1, 0.15) is 0 Å². The van der Waals surface area contributed by atoms with Crippen LogP contribution in [0, 0.1) is 5.92 Å². The summed E-state index contributed by atoms with van der Waals surface area (Å²) in [6.07, 6.45) is 11.0. The van der Waals surface area contributed by atoms with Crippen molar-refractivity contribution in [3.05, 3.63) is 0 Å². The molecule has 0 fully saturated rings. The molecule has 0 aliphatic rings. The molecule has 0 aromatic heterocycles. The van der Waals surface area contributed by atoms with E-state index in [9.17, 15) is 10.2 Å². The summed E-state index contributed by atoms with van der Waals surface area (Å²) in [7, 11) is 0. The molecular formula is C16H34O2. The summed E-state index contributed by atoms with van der Waals surface area (Å²) < 4.78 is 0. The van der Waals surface area contributed by atoms with Crippen LogP contribution in [0.25, 0.3) is 0 Å². The van der Waals surface area contributed by atoms with Crippen LogP contribution in [0.2, 0.25) is 0 Å². The first-order chi connectivity index (χ1) is 8.63. The molecular weight excluding hydrogens is 224 g/mol. The summed E-state index contributed by atoms with van der Waals surface area (Å²) in [5.41, 5.74) is 0. The molecule has 0 aromatic carbocycles. The van der Waals surface area contributed by atoms with Gasteiger partial charge in [-0.25, -0.2) is 0 Å². The lowest BCUT2D eigenvalue weighted by molar-refractivity contribution is -0.0134. The zero-order chi connectivity index (χ0) is 13.8. The van der Waals surface area contributed by atoms with Crippen molar-refractivity contribution in [2.75, 3.05) is 0 Å². The standard InChI is InChI=1S/C16H34O2/c1-4-6-8-10-12-15(16(18)14(3)17)13-11-9-7-5-2/h14-18H,4-13H2,1-3H3/t14-,16-/m1/s1. The van der Waals surface area contributed by atoms with Crippen LogP contribution in [0.4, 0.5) is 0 Å². The van der Waals surface area contributed by atoms with E-state index in [1.807, 2.05) is 0 Å². The Bertz CT molecular complexity index is 156. The van der Waals surface area contributed by atoms with Gasteiger partial charge in [0.15, 0.2) is 0 Å². The van der Waals surface area contributed by atoms with Crippen LogP contribution in [0.1, 0.15) is 85.0 Å². The molecule has 0 aliphatic carbocycles. The van der Waals surface area contributed by atoms with Crippen LogP contribution in [0.15, 0.2) is 0 Å². The van der Waals surface area contributed by atoms with Crippen molar-refractivity contribution in [3.63, 3.8) is 0 Å². The summed E-state index contributed by atoms with van der Waals surface area (Å²) >= 11 is 0. The maximum Gasteiger partial charge on any atom is 0.0824 e. The van der Waals surface area contributed by atoms with Crippen molar-refractivity contribution in [1.29, 1.82) is 0 Å². The third-order valence-electron chi connectivity index (χ3n) is 3.83. The van der Waals surface area contributed by atoms with Gasteiger partial charge in [-0.2, -0.15) is 0 Å². The minimum absolute atomic E-state index is 0.290. The SMILES string of the molecule is CCCCCCC(CCCCCC)[C@H](O)[C@@H](C)O. The molecule has 0 aromatic rings. The number of unbranched alkanes of at least 4 members (excludes halogenated alkanes) is 6. The second kappa shape index (κ2) is 12.0. The highest BCUT2D eigenvalue weighted by atomic mass is 16.3. The second-order valence-electron chi connectivity index (χ2n) is 5.69. The van der Waals surface area contributed by atoms with Gasteiger partial charge in [-0.15, -0.1) is 0 Å². The number of rotatable bonds is 12. The highest BCUT2D eigenvalue weighted by Crippen LogP contribution is 2.23. The van der Waals surface area contributed by atoms with Gasteiger partial charge in [0, 0.05) is 0 Å². The fourth-order valence-electron chi connectivity index (χ4n) is 2.55. The highest BCUT2D eigenvalue weighted by Gasteiger charge is 2.22. The third-order valence-corrected chi connectivity index (χ3v) is 3.83. The Balaban J connectivity index is 3.92. The minimum Gasteiger partial charge on any atom is -0.391 e. The van der Waals surface area contributed by atoms with E-state index in [-0.39, 0.29) is 0 Å². The molecule has 0 saturated heterocycles. The Kier molecular flexibility index (Phi) is 11.9. The average molecular weight is 258 g/mol. The predicted molar refractivity (Wildman–Crippen MR) is 78.7 cm³/mol. The van der Waals surface area contributed by atoms with Gasteiger partial charge in [-0.3, -0.25) is 0 Å². The maximum absolute atomic E-state index is 10.0. The van der Waals surface area contributed by atoms with E-state index in [0.717, 1.165) is 12.8 Å². The molecule has 18 heavy (non-hydrogen) atoms. The maximum atomic E-state index is 10.0. The topological polar surface area (TPSA) is 40.5 Å². The number of hydrogen-bond donors (Lipinski definition) is 2. The number of aliphatic hydroxyl groups is 2. The molecule has 2 nitrogen and oxygen atoms in total. The van der Waals surface area contributed by atoms with Gasteiger partial charge in [0.25, 0.3) is 0 Å². The lowest BCUT2D eigenvalue weighted by Crippen LogP contribution is -2.31. The van der Waals surface area contributed by atoms with Crippen molar-refractivity contribution < 1.29 is 10.2 Å². The Labute approximate surface area is 114 Å². The van der Waals surface area contributed by atoms with Crippen molar-refractivity contribution in [2.45, 2.75) is 97.2 Å². The molecule has 0 aliphatic heterocycles. The normalized spacial score (nSPS) is 15.0. The first-order valence-corrected chi connectivity index (χ1v) is 7.99. The van der Waals surface area contributed by atoms with E-state index in [1.54, 1.807) is 6.92 Å². The predicted octanol–water partition coefficient (Wildman–Crippen LogP) is 4.29. The molecule has 2 N–H and O–H groups in total. The summed E-state index contributed by atoms with van der Waals surface area (Å²) in [6, 6.07) is 0. The summed E-state index contributed by atoms with van der Waals surface area (Å²) in [5.74, 6) is 0.290. The fraction of sp³-hybridized carbons (Fsp3) is 1.00. The Hall–Kier alpha value is -0.0800. The molecule has 0 saturated carbocycles. The van der Waals surface area contributed by atoms with Gasteiger partial charge >= 0.3 is 0 Å². The minimum atomic E-state index is -0.590. The summed E-state index contributed by atoms with van der Waals surface area (Å²) in [5, 5.41) is 19.6. The van der Waals surface area contributed by atoms with Crippen LogP contribution >= 0.6 is 0 Å². The molecule has 0 spiro atoms. The molecule has 0 unspecified atom stereocenters. The van der Waals surface area contributed by atoms with Crippen LogP contribution in [-0.4, -0.2) is 22.4 Å². The molecule has 0 rings (SSSR count). The molecule has 110 valence electrons. The Morgan fingerprint density at radius 2 is 1.17 bits per heavy atom. The van der Waals surface area contributed by atoms with Gasteiger partial charge in [-0.05, 0) is 25.7 Å². The smallest absolute Gasteiger partial charge is 0.0824 e. The van der Waals surface area contributed by atoms with Crippen LogP contribution in [0.5, 0.6) is 0 Å². The lowest BCUT2D eigenvalue weighted by Gasteiger charge is -2.25. The molecule has 0 radical (unpaired) electrons. The van der Waals surface area contributed by atoms with E-state index >= 15 is 0 Å². The van der Waals surface area contributed by atoms with E-state index in [2.05, 4.69) is 13.8 Å². The Morgan fingerprint density at radius 1 is 0.722 bits per heavy atom. The van der Waals surface area contributed by atoms with Crippen LogP contribution < -0.4 is 0 Å². The zero-order valence-corrected chi connectivity index (χ0v) is 12.7. The van der Waals surface area contributed by atoms with Crippen LogP contribution in [-0.2, 0) is 0 Å². The fourth-order valence-corrected chi connectivity index (χ4v) is 2.55. The van der Waals surface area contributed by atoms with Crippen molar-refractivity contribution in [1.82, 2.24) is 0 Å². The van der Waals surface area contributed by atoms with Crippen LogP contribution in [0.3, 0.4) is 0 Å². The van der Waals surface area contributed by atoms with Crippen molar-refractivity contribution in [3.8, 4) is 0 Å². The van der Waals surface area contributed by atoms with E-state index in [4.69, 9.17) is 0 Å². The van der Waals surface area contributed by atoms with Crippen molar-refractivity contribution >= 4 is 0 Å². The zero-order valence-electron chi connectivity index (χ0n) is 12.7. The number of hydrogen-bond acceptors (Lipinski definition) is 2. The first kappa shape index (κ1) is 17.9. The summed E-state index contributed by atoms with van der Waals surface area (Å²) in [4.78, 5) is 0. The van der Waals surface area contributed by atoms with Gasteiger partial charge in [0.05, 0.1) is 12.2 Å². The first-order valence-electron chi connectivity index (χ1n) is 7.99. The van der Waals surface area contributed by atoms with Gasteiger partial charge < -0.3 is 10.2 Å². The Morgan fingerprint density at radius 3 is 1.50 bits per heavy atom. The molecule has 2 heteroatoms.